The maximum absolute atomic E-state index is 5.70. The van der Waals surface area contributed by atoms with Crippen LogP contribution in [0.15, 0.2) is 72.8 Å². The van der Waals surface area contributed by atoms with Crippen molar-refractivity contribution >= 4 is 23.0 Å². The second-order valence-corrected chi connectivity index (χ2v) is 9.35. The molecule has 3 heteroatoms. The summed E-state index contributed by atoms with van der Waals surface area (Å²) in [5.74, 6) is 2.86. The van der Waals surface area contributed by atoms with Gasteiger partial charge in [-0.25, -0.2) is 0 Å². The Morgan fingerprint density at radius 3 is 2.37 bits per heavy atom. The Kier molecular flexibility index (Phi) is 5.92. The number of methoxy groups -OCH3 is 1. The Labute approximate surface area is 184 Å². The van der Waals surface area contributed by atoms with Crippen molar-refractivity contribution in [2.75, 3.05) is 12.4 Å². The van der Waals surface area contributed by atoms with Gasteiger partial charge in [0.15, 0.2) is 0 Å². The van der Waals surface area contributed by atoms with Gasteiger partial charge < -0.3 is 10.1 Å². The fourth-order valence-corrected chi connectivity index (χ4v) is 5.35. The minimum atomic E-state index is -0.0442. The molecule has 0 fully saturated rings. The molecule has 2 nitrogen and oxygen atoms in total. The van der Waals surface area contributed by atoms with Gasteiger partial charge in [0.25, 0.3) is 0 Å². The van der Waals surface area contributed by atoms with Crippen molar-refractivity contribution in [2.24, 2.45) is 0 Å². The summed E-state index contributed by atoms with van der Waals surface area (Å²) in [6.45, 7) is 6.67. The molecule has 4 rings (SSSR count). The summed E-state index contributed by atoms with van der Waals surface area (Å²) in [6, 6.07) is 23.5. The van der Waals surface area contributed by atoms with E-state index in [-0.39, 0.29) is 5.54 Å². The fraction of sp³-hybridized carbons (Fsp3) is 0.259. The summed E-state index contributed by atoms with van der Waals surface area (Å²) in [4.78, 5) is 0. The maximum atomic E-state index is 5.70. The molecule has 1 heterocycles. The van der Waals surface area contributed by atoms with E-state index in [1.54, 1.807) is 7.11 Å². The van der Waals surface area contributed by atoms with E-state index in [0.717, 1.165) is 22.8 Å². The molecule has 0 saturated carbocycles. The van der Waals surface area contributed by atoms with Crippen molar-refractivity contribution in [3.63, 3.8) is 0 Å². The third kappa shape index (κ3) is 4.27. The van der Waals surface area contributed by atoms with Gasteiger partial charge in [-0.05, 0) is 55.2 Å². The average Bonchev–Trinajstić information content (AvgIpc) is 2.73. The van der Waals surface area contributed by atoms with Gasteiger partial charge >= 0.3 is 0 Å². The predicted octanol–water partition coefficient (Wildman–Crippen LogP) is 7.40. The number of hydrogen-bond acceptors (Lipinski definition) is 3. The molecule has 0 unspecified atom stereocenters. The van der Waals surface area contributed by atoms with Crippen LogP contribution in [-0.2, 0) is 11.5 Å². The van der Waals surface area contributed by atoms with Gasteiger partial charge in [-0.2, -0.15) is 11.8 Å². The van der Waals surface area contributed by atoms with Crippen molar-refractivity contribution in [3.8, 4) is 16.9 Å². The number of thioether (sulfide) groups is 1. The first kappa shape index (κ1) is 20.6. The summed E-state index contributed by atoms with van der Waals surface area (Å²) in [5, 5.41) is 3.71. The highest BCUT2D eigenvalue weighted by Gasteiger charge is 2.26. The number of para-hydroxylation sites is 1. The van der Waals surface area contributed by atoms with Crippen LogP contribution in [0.5, 0.6) is 5.75 Å². The standard InChI is InChI=1S/C27H29NOS/c1-19-16-27(2,3)28-24-15-14-21(22-12-8-9-13-25(22)29-4)23(26(19)24)18-30-17-20-10-6-5-7-11-20/h5-16,28H,17-18H2,1-4H3. The topological polar surface area (TPSA) is 21.3 Å². The molecular weight excluding hydrogens is 386 g/mol. The van der Waals surface area contributed by atoms with Gasteiger partial charge in [0.2, 0.25) is 0 Å². The van der Waals surface area contributed by atoms with E-state index in [0.29, 0.717) is 0 Å². The van der Waals surface area contributed by atoms with E-state index in [2.05, 4.69) is 86.8 Å². The number of nitrogens with one attached hydrogen (secondary N) is 1. The zero-order valence-electron chi connectivity index (χ0n) is 18.2. The van der Waals surface area contributed by atoms with Crippen molar-refractivity contribution in [3.05, 3.63) is 89.5 Å². The lowest BCUT2D eigenvalue weighted by Crippen LogP contribution is -2.31. The molecule has 0 saturated heterocycles. The van der Waals surface area contributed by atoms with E-state index in [1.807, 2.05) is 23.9 Å². The molecule has 0 radical (unpaired) electrons. The van der Waals surface area contributed by atoms with E-state index in [4.69, 9.17) is 4.74 Å². The molecule has 1 N–H and O–H groups in total. The van der Waals surface area contributed by atoms with Gasteiger partial charge in [0.05, 0.1) is 12.6 Å². The first-order valence-electron chi connectivity index (χ1n) is 10.4. The lowest BCUT2D eigenvalue weighted by molar-refractivity contribution is 0.416. The number of allylic oxidation sites excluding steroid dienone is 1. The Morgan fingerprint density at radius 1 is 0.867 bits per heavy atom. The molecule has 0 atom stereocenters. The number of benzene rings is 3. The summed E-state index contributed by atoms with van der Waals surface area (Å²) in [6.07, 6.45) is 2.34. The van der Waals surface area contributed by atoms with Gasteiger partial charge in [-0.1, -0.05) is 60.7 Å². The molecule has 3 aromatic carbocycles. The second-order valence-electron chi connectivity index (χ2n) is 8.37. The van der Waals surface area contributed by atoms with Gasteiger partial charge in [0.1, 0.15) is 5.75 Å². The largest absolute Gasteiger partial charge is 0.496 e. The normalized spacial score (nSPS) is 14.5. The predicted molar refractivity (Wildman–Crippen MR) is 131 cm³/mol. The highest BCUT2D eigenvalue weighted by atomic mass is 32.2. The second kappa shape index (κ2) is 8.61. The number of rotatable bonds is 6. The van der Waals surface area contributed by atoms with Crippen LogP contribution in [-0.4, -0.2) is 12.6 Å². The molecule has 0 bridgehead atoms. The molecule has 30 heavy (non-hydrogen) atoms. The van der Waals surface area contributed by atoms with Crippen molar-refractivity contribution in [1.29, 1.82) is 0 Å². The van der Waals surface area contributed by atoms with Crippen molar-refractivity contribution < 1.29 is 4.74 Å². The Morgan fingerprint density at radius 2 is 1.60 bits per heavy atom. The molecule has 0 amide bonds. The summed E-state index contributed by atoms with van der Waals surface area (Å²) >= 11 is 1.96. The Bertz CT molecular complexity index is 1070. The molecule has 0 aliphatic carbocycles. The van der Waals surface area contributed by atoms with Crippen LogP contribution in [0.4, 0.5) is 5.69 Å². The third-order valence-electron chi connectivity index (χ3n) is 5.50. The smallest absolute Gasteiger partial charge is 0.126 e. The number of fused-ring (bicyclic) bond motifs is 1. The highest BCUT2D eigenvalue weighted by Crippen LogP contribution is 2.43. The van der Waals surface area contributed by atoms with E-state index >= 15 is 0 Å². The number of hydrogen-bond donors (Lipinski definition) is 1. The van der Waals surface area contributed by atoms with Crippen LogP contribution < -0.4 is 10.1 Å². The first-order chi connectivity index (χ1) is 14.5. The summed E-state index contributed by atoms with van der Waals surface area (Å²) < 4.78 is 5.70. The van der Waals surface area contributed by atoms with Crippen LogP contribution in [0.2, 0.25) is 0 Å². The van der Waals surface area contributed by atoms with Crippen LogP contribution in [0.25, 0.3) is 16.7 Å². The summed E-state index contributed by atoms with van der Waals surface area (Å²) in [7, 11) is 1.75. The van der Waals surface area contributed by atoms with Gasteiger partial charge in [-0.15, -0.1) is 0 Å². The molecule has 154 valence electrons. The fourth-order valence-electron chi connectivity index (χ4n) is 4.31. The lowest BCUT2D eigenvalue weighted by Gasteiger charge is -2.33. The SMILES string of the molecule is COc1ccccc1-c1ccc2c(c1CSCc1ccccc1)C(C)=CC(C)(C)N2. The Hall–Kier alpha value is -2.65. The number of anilines is 1. The zero-order chi connectivity index (χ0) is 21.1. The molecular formula is C27H29NOS. The maximum Gasteiger partial charge on any atom is 0.126 e. The summed E-state index contributed by atoms with van der Waals surface area (Å²) in [5.41, 5.74) is 8.97. The van der Waals surface area contributed by atoms with Gasteiger partial charge in [0, 0.05) is 28.3 Å². The molecule has 0 aromatic heterocycles. The highest BCUT2D eigenvalue weighted by molar-refractivity contribution is 7.97. The van der Waals surface area contributed by atoms with E-state index in [1.165, 1.54) is 33.5 Å². The van der Waals surface area contributed by atoms with Crippen LogP contribution in [0.3, 0.4) is 0 Å². The van der Waals surface area contributed by atoms with Crippen LogP contribution in [0, 0.1) is 0 Å². The zero-order valence-corrected chi connectivity index (χ0v) is 19.0. The minimum Gasteiger partial charge on any atom is -0.496 e. The third-order valence-corrected chi connectivity index (χ3v) is 6.53. The quantitative estimate of drug-likeness (QED) is 0.453. The van der Waals surface area contributed by atoms with Crippen LogP contribution >= 0.6 is 11.8 Å². The number of ether oxygens (including phenoxy) is 1. The molecule has 0 spiro atoms. The van der Waals surface area contributed by atoms with E-state index in [9.17, 15) is 0 Å². The van der Waals surface area contributed by atoms with E-state index < -0.39 is 0 Å². The van der Waals surface area contributed by atoms with Crippen molar-refractivity contribution in [2.45, 2.75) is 37.8 Å². The average molecular weight is 416 g/mol. The van der Waals surface area contributed by atoms with Gasteiger partial charge in [-0.3, -0.25) is 0 Å². The monoisotopic (exact) mass is 415 g/mol. The molecule has 3 aromatic rings. The minimum absolute atomic E-state index is 0.0442. The molecule has 1 aliphatic heterocycles. The van der Waals surface area contributed by atoms with Crippen molar-refractivity contribution in [1.82, 2.24) is 0 Å². The first-order valence-corrected chi connectivity index (χ1v) is 11.5. The molecule has 1 aliphatic rings. The lowest BCUT2D eigenvalue weighted by atomic mass is 9.85. The van der Waals surface area contributed by atoms with Crippen LogP contribution in [0.1, 0.15) is 37.5 Å². The Balaban J connectivity index is 1.78.